The summed E-state index contributed by atoms with van der Waals surface area (Å²) in [4.78, 5) is 0. The van der Waals surface area contributed by atoms with E-state index in [9.17, 15) is 4.21 Å². The summed E-state index contributed by atoms with van der Waals surface area (Å²) in [6.45, 7) is 4.84. The molecule has 11 heavy (non-hydrogen) atoms. The molecule has 0 spiro atoms. The molecular formula is C8H19NOS. The van der Waals surface area contributed by atoms with Crippen molar-refractivity contribution >= 4 is 10.8 Å². The van der Waals surface area contributed by atoms with Crippen LogP contribution in [0.15, 0.2) is 0 Å². The van der Waals surface area contributed by atoms with Crippen LogP contribution in [0.25, 0.3) is 0 Å². The first kappa shape index (κ1) is 11.1. The van der Waals surface area contributed by atoms with Crippen molar-refractivity contribution in [2.75, 3.05) is 12.3 Å². The number of hydrogen-bond donors (Lipinski definition) is 1. The predicted molar refractivity (Wildman–Crippen MR) is 51.1 cm³/mol. The predicted octanol–water partition coefficient (Wildman–Crippen LogP) is 1.27. The molecule has 0 aromatic rings. The summed E-state index contributed by atoms with van der Waals surface area (Å²) in [5.74, 6) is 0.826. The van der Waals surface area contributed by atoms with Crippen molar-refractivity contribution in [2.24, 2.45) is 5.73 Å². The van der Waals surface area contributed by atoms with E-state index in [0.29, 0.717) is 5.25 Å². The normalized spacial score (nSPS) is 16.3. The van der Waals surface area contributed by atoms with Crippen LogP contribution in [-0.2, 0) is 10.8 Å². The SMILES string of the molecule is CCC(C)S(=O)CCCCN. The van der Waals surface area contributed by atoms with Gasteiger partial charge in [0.05, 0.1) is 0 Å². The van der Waals surface area contributed by atoms with Crippen LogP contribution in [0.1, 0.15) is 33.1 Å². The highest BCUT2D eigenvalue weighted by atomic mass is 32.2. The molecule has 0 aromatic carbocycles. The third kappa shape index (κ3) is 5.39. The molecule has 0 radical (unpaired) electrons. The Bertz CT molecular complexity index is 117. The van der Waals surface area contributed by atoms with Crippen molar-refractivity contribution in [2.45, 2.75) is 38.4 Å². The van der Waals surface area contributed by atoms with Crippen LogP contribution in [0.5, 0.6) is 0 Å². The Hall–Kier alpha value is 0.110. The minimum atomic E-state index is -0.622. The maximum atomic E-state index is 11.3. The van der Waals surface area contributed by atoms with Crippen LogP contribution < -0.4 is 5.73 Å². The van der Waals surface area contributed by atoms with Crippen LogP contribution in [0.3, 0.4) is 0 Å². The van der Waals surface area contributed by atoms with Crippen molar-refractivity contribution < 1.29 is 4.21 Å². The second-order valence-corrected chi connectivity index (χ2v) is 4.77. The summed E-state index contributed by atoms with van der Waals surface area (Å²) < 4.78 is 11.3. The molecule has 0 aromatic heterocycles. The topological polar surface area (TPSA) is 43.1 Å². The van der Waals surface area contributed by atoms with Crippen molar-refractivity contribution in [3.8, 4) is 0 Å². The van der Waals surface area contributed by atoms with Gasteiger partial charge in [-0.15, -0.1) is 0 Å². The first-order chi connectivity index (χ1) is 5.22. The molecule has 68 valence electrons. The van der Waals surface area contributed by atoms with E-state index in [2.05, 4.69) is 6.92 Å². The van der Waals surface area contributed by atoms with Gasteiger partial charge in [-0.1, -0.05) is 13.8 Å². The number of unbranched alkanes of at least 4 members (excludes halogenated alkanes) is 1. The summed E-state index contributed by atoms with van der Waals surface area (Å²) >= 11 is 0. The Balaban J connectivity index is 3.36. The molecule has 0 aliphatic rings. The molecule has 0 aliphatic heterocycles. The van der Waals surface area contributed by atoms with Crippen LogP contribution in [-0.4, -0.2) is 21.8 Å². The van der Waals surface area contributed by atoms with Gasteiger partial charge in [0.1, 0.15) is 0 Å². The highest BCUT2D eigenvalue weighted by Gasteiger charge is 2.06. The molecule has 2 nitrogen and oxygen atoms in total. The molecule has 2 unspecified atom stereocenters. The fourth-order valence-corrected chi connectivity index (χ4v) is 2.04. The first-order valence-electron chi connectivity index (χ1n) is 4.29. The Labute approximate surface area is 72.0 Å². The van der Waals surface area contributed by atoms with E-state index < -0.39 is 10.8 Å². The Morgan fingerprint density at radius 2 is 2.09 bits per heavy atom. The quantitative estimate of drug-likeness (QED) is 0.621. The van der Waals surface area contributed by atoms with Crippen LogP contribution in [0.2, 0.25) is 0 Å². The lowest BCUT2D eigenvalue weighted by Crippen LogP contribution is -2.13. The van der Waals surface area contributed by atoms with Crippen LogP contribution in [0, 0.1) is 0 Å². The smallest absolute Gasteiger partial charge is 0.0317 e. The number of hydrogen-bond acceptors (Lipinski definition) is 2. The highest BCUT2D eigenvalue weighted by molar-refractivity contribution is 7.85. The van der Waals surface area contributed by atoms with E-state index in [0.717, 1.165) is 31.6 Å². The summed E-state index contributed by atoms with van der Waals surface area (Å²) in [6.07, 6.45) is 3.02. The summed E-state index contributed by atoms with van der Waals surface area (Å²) in [5.41, 5.74) is 5.32. The van der Waals surface area contributed by atoms with Gasteiger partial charge in [0.15, 0.2) is 0 Å². The maximum Gasteiger partial charge on any atom is 0.0317 e. The van der Waals surface area contributed by atoms with Gasteiger partial charge < -0.3 is 5.73 Å². The van der Waals surface area contributed by atoms with Gasteiger partial charge in [-0.2, -0.15) is 0 Å². The zero-order valence-corrected chi connectivity index (χ0v) is 8.32. The average molecular weight is 177 g/mol. The minimum absolute atomic E-state index is 0.354. The zero-order valence-electron chi connectivity index (χ0n) is 7.51. The van der Waals surface area contributed by atoms with Gasteiger partial charge in [-0.25, -0.2) is 0 Å². The fraction of sp³-hybridized carbons (Fsp3) is 1.00. The Morgan fingerprint density at radius 3 is 2.55 bits per heavy atom. The van der Waals surface area contributed by atoms with E-state index in [-0.39, 0.29) is 0 Å². The molecule has 0 saturated heterocycles. The molecular weight excluding hydrogens is 158 g/mol. The third-order valence-corrected chi connectivity index (χ3v) is 3.75. The molecule has 0 fully saturated rings. The van der Waals surface area contributed by atoms with E-state index in [1.165, 1.54) is 0 Å². The van der Waals surface area contributed by atoms with E-state index in [1.54, 1.807) is 0 Å². The van der Waals surface area contributed by atoms with Gasteiger partial charge in [0.25, 0.3) is 0 Å². The zero-order chi connectivity index (χ0) is 8.69. The van der Waals surface area contributed by atoms with E-state index >= 15 is 0 Å². The molecule has 2 N–H and O–H groups in total. The van der Waals surface area contributed by atoms with Crippen molar-refractivity contribution in [3.63, 3.8) is 0 Å². The Morgan fingerprint density at radius 1 is 1.45 bits per heavy atom. The third-order valence-electron chi connectivity index (χ3n) is 1.82. The first-order valence-corrected chi connectivity index (χ1v) is 5.67. The van der Waals surface area contributed by atoms with Gasteiger partial charge in [-0.3, -0.25) is 4.21 Å². The van der Waals surface area contributed by atoms with Crippen molar-refractivity contribution in [1.29, 1.82) is 0 Å². The Kier molecular flexibility index (Phi) is 6.87. The highest BCUT2D eigenvalue weighted by Crippen LogP contribution is 2.02. The lowest BCUT2D eigenvalue weighted by Gasteiger charge is -2.07. The largest absolute Gasteiger partial charge is 0.330 e. The number of nitrogens with two attached hydrogens (primary N) is 1. The number of rotatable bonds is 6. The lowest BCUT2D eigenvalue weighted by molar-refractivity contribution is 0.665. The molecule has 3 heteroatoms. The second kappa shape index (κ2) is 6.80. The van der Waals surface area contributed by atoms with Gasteiger partial charge >= 0.3 is 0 Å². The molecule has 0 saturated carbocycles. The molecule has 0 heterocycles. The van der Waals surface area contributed by atoms with E-state index in [1.807, 2.05) is 6.92 Å². The van der Waals surface area contributed by atoms with Crippen LogP contribution >= 0.6 is 0 Å². The monoisotopic (exact) mass is 177 g/mol. The summed E-state index contributed by atoms with van der Waals surface area (Å²) in [7, 11) is -0.622. The molecule has 0 aliphatic carbocycles. The molecule has 0 amide bonds. The summed E-state index contributed by atoms with van der Waals surface area (Å²) in [5, 5.41) is 0.354. The maximum absolute atomic E-state index is 11.3. The lowest BCUT2D eigenvalue weighted by atomic mass is 10.3. The fourth-order valence-electron chi connectivity index (χ4n) is 0.776. The molecule has 0 rings (SSSR count). The van der Waals surface area contributed by atoms with Gasteiger partial charge in [0.2, 0.25) is 0 Å². The van der Waals surface area contributed by atoms with Crippen LogP contribution in [0.4, 0.5) is 0 Å². The van der Waals surface area contributed by atoms with Crippen molar-refractivity contribution in [1.82, 2.24) is 0 Å². The average Bonchev–Trinajstić information content (AvgIpc) is 2.03. The molecule has 2 atom stereocenters. The van der Waals surface area contributed by atoms with Crippen molar-refractivity contribution in [3.05, 3.63) is 0 Å². The van der Waals surface area contributed by atoms with Gasteiger partial charge in [0, 0.05) is 21.8 Å². The standard InChI is InChI=1S/C8H19NOS/c1-3-8(2)11(10)7-5-4-6-9/h8H,3-7,9H2,1-2H3. The van der Waals surface area contributed by atoms with E-state index in [4.69, 9.17) is 5.73 Å². The van der Waals surface area contributed by atoms with Gasteiger partial charge in [-0.05, 0) is 25.8 Å². The minimum Gasteiger partial charge on any atom is -0.330 e. The second-order valence-electron chi connectivity index (χ2n) is 2.80. The molecule has 0 bridgehead atoms. The summed E-state index contributed by atoms with van der Waals surface area (Å²) in [6, 6.07) is 0.